The standard InChI is InChI=1S/C26H22F3N3O4S/c27-26(28,29)37(34,35)31-23-9-5-4-8-21(23)17-10-11-22-24(15-17)36-16-18(25(22)33)14-20-12-13-30-32(20)19-6-2-1-3-7-19/h1-13,15,18,25,31,33H,14,16H2/t18-,25+/m1/s1. The molecule has 0 bridgehead atoms. The number of aromatic nitrogens is 2. The Hall–Kier alpha value is -3.83. The molecule has 11 heteroatoms. The Morgan fingerprint density at radius 2 is 1.76 bits per heavy atom. The first-order valence-electron chi connectivity index (χ1n) is 11.4. The SMILES string of the molecule is O=S(=O)(Nc1ccccc1-c1ccc2c(c1)OC[C@@H](Cc1ccnn1-c1ccccc1)[C@@H]2O)C(F)(F)F. The summed E-state index contributed by atoms with van der Waals surface area (Å²) in [5.74, 6) is 0.120. The van der Waals surface area contributed by atoms with Crippen LogP contribution >= 0.6 is 0 Å². The Morgan fingerprint density at radius 1 is 1.03 bits per heavy atom. The van der Waals surface area contributed by atoms with Gasteiger partial charge in [0.15, 0.2) is 0 Å². The Kier molecular flexibility index (Phi) is 6.42. The predicted molar refractivity (Wildman–Crippen MR) is 132 cm³/mol. The van der Waals surface area contributed by atoms with Crippen molar-refractivity contribution in [3.63, 3.8) is 0 Å². The van der Waals surface area contributed by atoms with Crippen molar-refractivity contribution in [2.75, 3.05) is 11.3 Å². The molecule has 37 heavy (non-hydrogen) atoms. The van der Waals surface area contributed by atoms with Gasteiger partial charge >= 0.3 is 15.5 Å². The second-order valence-electron chi connectivity index (χ2n) is 8.64. The molecule has 192 valence electrons. The van der Waals surface area contributed by atoms with E-state index in [4.69, 9.17) is 4.74 Å². The summed E-state index contributed by atoms with van der Waals surface area (Å²) in [6.07, 6.45) is 1.35. The van der Waals surface area contributed by atoms with Crippen molar-refractivity contribution < 1.29 is 31.4 Å². The number of halogens is 3. The van der Waals surface area contributed by atoms with E-state index in [0.29, 0.717) is 23.3 Å². The molecule has 0 radical (unpaired) electrons. The maximum absolute atomic E-state index is 12.9. The van der Waals surface area contributed by atoms with Crippen LogP contribution in [0.1, 0.15) is 17.4 Å². The highest BCUT2D eigenvalue weighted by atomic mass is 32.2. The van der Waals surface area contributed by atoms with Gasteiger partial charge in [0.2, 0.25) is 0 Å². The van der Waals surface area contributed by atoms with Crippen LogP contribution in [0.4, 0.5) is 18.9 Å². The van der Waals surface area contributed by atoms with E-state index < -0.39 is 21.6 Å². The lowest BCUT2D eigenvalue weighted by atomic mass is 9.88. The maximum atomic E-state index is 12.9. The number of aliphatic hydroxyl groups is 1. The first-order valence-corrected chi connectivity index (χ1v) is 12.8. The molecule has 2 heterocycles. The van der Waals surface area contributed by atoms with Crippen LogP contribution in [0.15, 0.2) is 85.1 Å². The first-order chi connectivity index (χ1) is 17.6. The lowest BCUT2D eigenvalue weighted by molar-refractivity contribution is -0.0429. The van der Waals surface area contributed by atoms with Crippen LogP contribution in [0.3, 0.4) is 0 Å². The van der Waals surface area contributed by atoms with E-state index in [1.54, 1.807) is 35.2 Å². The van der Waals surface area contributed by atoms with E-state index in [-0.39, 0.29) is 23.8 Å². The van der Waals surface area contributed by atoms with Gasteiger partial charge in [0, 0.05) is 28.9 Å². The van der Waals surface area contributed by atoms with Gasteiger partial charge in [-0.25, -0.2) is 4.68 Å². The lowest BCUT2D eigenvalue weighted by Crippen LogP contribution is -2.30. The molecule has 4 aromatic rings. The summed E-state index contributed by atoms with van der Waals surface area (Å²) in [7, 11) is -5.59. The quantitative estimate of drug-likeness (QED) is 0.363. The molecule has 1 aromatic heterocycles. The van der Waals surface area contributed by atoms with Gasteiger partial charge < -0.3 is 9.84 Å². The van der Waals surface area contributed by atoms with Crippen molar-refractivity contribution >= 4 is 15.7 Å². The summed E-state index contributed by atoms with van der Waals surface area (Å²) >= 11 is 0. The first kappa shape index (κ1) is 24.8. The van der Waals surface area contributed by atoms with E-state index >= 15 is 0 Å². The van der Waals surface area contributed by atoms with Gasteiger partial charge in [0.25, 0.3) is 0 Å². The molecule has 0 saturated heterocycles. The molecule has 3 aromatic carbocycles. The van der Waals surface area contributed by atoms with Gasteiger partial charge in [0.05, 0.1) is 24.1 Å². The number of benzene rings is 3. The molecule has 2 atom stereocenters. The second-order valence-corrected chi connectivity index (χ2v) is 10.3. The number of hydrogen-bond acceptors (Lipinski definition) is 5. The summed E-state index contributed by atoms with van der Waals surface area (Å²) in [5, 5.41) is 15.5. The van der Waals surface area contributed by atoms with E-state index in [1.807, 2.05) is 41.1 Å². The molecule has 5 rings (SSSR count). The fourth-order valence-corrected chi connectivity index (χ4v) is 4.95. The summed E-state index contributed by atoms with van der Waals surface area (Å²) in [6, 6.07) is 22.1. The molecule has 0 unspecified atom stereocenters. The van der Waals surface area contributed by atoms with Gasteiger partial charge in [-0.3, -0.25) is 4.72 Å². The fraction of sp³-hybridized carbons (Fsp3) is 0.192. The molecular weight excluding hydrogens is 507 g/mol. The van der Waals surface area contributed by atoms with Crippen molar-refractivity contribution in [3.05, 3.63) is 96.3 Å². The minimum absolute atomic E-state index is 0.208. The molecule has 0 spiro atoms. The van der Waals surface area contributed by atoms with Crippen molar-refractivity contribution in [3.8, 4) is 22.6 Å². The fourth-order valence-electron chi connectivity index (χ4n) is 4.37. The van der Waals surface area contributed by atoms with Crippen LogP contribution in [-0.2, 0) is 16.4 Å². The maximum Gasteiger partial charge on any atom is 0.516 e. The zero-order valence-electron chi connectivity index (χ0n) is 19.3. The van der Waals surface area contributed by atoms with Crippen LogP contribution in [0.5, 0.6) is 5.75 Å². The Labute approximate surface area is 211 Å². The normalized spacial score (nSPS) is 17.6. The zero-order chi connectivity index (χ0) is 26.2. The molecule has 0 amide bonds. The number of rotatable bonds is 6. The minimum Gasteiger partial charge on any atom is -0.493 e. The molecular formula is C26H22F3N3O4S. The number of aliphatic hydroxyl groups excluding tert-OH is 1. The summed E-state index contributed by atoms with van der Waals surface area (Å²) < 4.78 is 71.4. The summed E-state index contributed by atoms with van der Waals surface area (Å²) in [4.78, 5) is 0. The zero-order valence-corrected chi connectivity index (χ0v) is 20.1. The molecule has 0 aliphatic carbocycles. The second kappa shape index (κ2) is 9.56. The lowest BCUT2D eigenvalue weighted by Gasteiger charge is -2.31. The topological polar surface area (TPSA) is 93.5 Å². The third kappa shape index (κ3) is 4.92. The smallest absolute Gasteiger partial charge is 0.493 e. The minimum atomic E-state index is -5.59. The van der Waals surface area contributed by atoms with E-state index in [2.05, 4.69) is 5.10 Å². The van der Waals surface area contributed by atoms with Gasteiger partial charge in [-0.15, -0.1) is 0 Å². The summed E-state index contributed by atoms with van der Waals surface area (Å²) in [6.45, 7) is 0.208. The van der Waals surface area contributed by atoms with Crippen LogP contribution in [0.2, 0.25) is 0 Å². The number of para-hydroxylation sites is 2. The van der Waals surface area contributed by atoms with E-state index in [1.165, 1.54) is 18.2 Å². The van der Waals surface area contributed by atoms with Gasteiger partial charge in [0.1, 0.15) is 5.75 Å². The number of nitrogens with zero attached hydrogens (tertiary/aromatic N) is 2. The molecule has 1 aliphatic heterocycles. The van der Waals surface area contributed by atoms with Crippen molar-refractivity contribution in [2.45, 2.75) is 18.0 Å². The van der Waals surface area contributed by atoms with Crippen LogP contribution in [0, 0.1) is 5.92 Å². The average Bonchev–Trinajstić information content (AvgIpc) is 3.34. The number of hydrogen-bond donors (Lipinski definition) is 2. The average molecular weight is 530 g/mol. The van der Waals surface area contributed by atoms with Gasteiger partial charge in [-0.1, -0.05) is 48.5 Å². The molecule has 1 aliphatic rings. The number of nitrogens with one attached hydrogen (secondary N) is 1. The number of sulfonamides is 1. The van der Waals surface area contributed by atoms with Crippen molar-refractivity contribution in [1.82, 2.24) is 9.78 Å². The van der Waals surface area contributed by atoms with Gasteiger partial charge in [-0.2, -0.15) is 26.7 Å². The Bertz CT molecular complexity index is 1520. The third-order valence-corrected chi connectivity index (χ3v) is 7.31. The van der Waals surface area contributed by atoms with Gasteiger partial charge in [-0.05, 0) is 42.3 Å². The molecule has 0 fully saturated rings. The molecule has 2 N–H and O–H groups in total. The number of anilines is 1. The van der Waals surface area contributed by atoms with Crippen molar-refractivity contribution in [1.29, 1.82) is 0 Å². The highest BCUT2D eigenvalue weighted by molar-refractivity contribution is 7.93. The largest absolute Gasteiger partial charge is 0.516 e. The van der Waals surface area contributed by atoms with Crippen LogP contribution in [0.25, 0.3) is 16.8 Å². The van der Waals surface area contributed by atoms with E-state index in [9.17, 15) is 26.7 Å². The number of ether oxygens (including phenoxy) is 1. The highest BCUT2D eigenvalue weighted by Crippen LogP contribution is 2.41. The Balaban J connectivity index is 1.39. The predicted octanol–water partition coefficient (Wildman–Crippen LogP) is 5.09. The van der Waals surface area contributed by atoms with Crippen LogP contribution in [-0.4, -0.2) is 35.4 Å². The highest BCUT2D eigenvalue weighted by Gasteiger charge is 2.46. The molecule has 0 saturated carbocycles. The Morgan fingerprint density at radius 3 is 2.51 bits per heavy atom. The van der Waals surface area contributed by atoms with Crippen molar-refractivity contribution in [2.24, 2.45) is 5.92 Å². The van der Waals surface area contributed by atoms with Crippen LogP contribution < -0.4 is 9.46 Å². The number of fused-ring (bicyclic) bond motifs is 1. The van der Waals surface area contributed by atoms with E-state index in [0.717, 1.165) is 11.4 Å². The third-order valence-electron chi connectivity index (χ3n) is 6.21. The number of alkyl halides is 3. The molecule has 7 nitrogen and oxygen atoms in total. The monoisotopic (exact) mass is 529 g/mol. The summed E-state index contributed by atoms with van der Waals surface area (Å²) in [5.41, 5.74) is -2.64.